The predicted molar refractivity (Wildman–Crippen MR) is 254 cm³/mol. The fourth-order valence-corrected chi connectivity index (χ4v) is 10.9. The molecule has 3 heterocycles. The van der Waals surface area contributed by atoms with Gasteiger partial charge in [-0.15, -0.1) is 11.3 Å². The molecule has 8 aromatic carbocycles. The molecule has 0 unspecified atom stereocenters. The molecule has 0 fully saturated rings. The van der Waals surface area contributed by atoms with E-state index < -0.39 is 0 Å². The summed E-state index contributed by atoms with van der Waals surface area (Å²) in [7, 11) is 0. The van der Waals surface area contributed by atoms with Crippen molar-refractivity contribution in [1.82, 2.24) is 19.5 Å². The van der Waals surface area contributed by atoms with E-state index >= 15 is 0 Å². The molecule has 0 saturated carbocycles. The molecule has 3 aromatic heterocycles. The molecule has 1 aliphatic rings. The third-order valence-electron chi connectivity index (χ3n) is 13.2. The van der Waals surface area contributed by atoms with E-state index in [0.29, 0.717) is 17.5 Å². The van der Waals surface area contributed by atoms with Crippen molar-refractivity contribution in [3.63, 3.8) is 0 Å². The van der Waals surface area contributed by atoms with Gasteiger partial charge in [-0.1, -0.05) is 131 Å². The van der Waals surface area contributed by atoms with Crippen LogP contribution in [0.4, 0.5) is 0 Å². The van der Waals surface area contributed by atoms with E-state index in [2.05, 4.69) is 172 Å². The molecule has 0 amide bonds. The Balaban J connectivity index is 1.01. The highest BCUT2D eigenvalue weighted by molar-refractivity contribution is 7.25. The third kappa shape index (κ3) is 5.53. The lowest BCUT2D eigenvalue weighted by atomic mass is 9.63. The molecule has 1 aliphatic carbocycles. The summed E-state index contributed by atoms with van der Waals surface area (Å²) >= 11 is 1.81. The SMILES string of the molecule is CC1(C)CCC(C)(C)c2cc3c(cc21)c1cc2ccccc2cc1n3-c1ccc2cc(-c3nc(-c4ccccc4)nc(-c4ccc5c(c4)sc4ccccc45)n3)ccc2c1. The first kappa shape index (κ1) is 35.3. The Morgan fingerprint density at radius 1 is 0.417 bits per heavy atom. The highest BCUT2D eigenvalue weighted by Crippen LogP contribution is 2.49. The van der Waals surface area contributed by atoms with E-state index in [9.17, 15) is 0 Å². The second-order valence-electron chi connectivity index (χ2n) is 18.0. The van der Waals surface area contributed by atoms with Gasteiger partial charge in [0.15, 0.2) is 17.5 Å². The fourth-order valence-electron chi connectivity index (χ4n) is 9.77. The monoisotopic (exact) mass is 790 g/mol. The zero-order valence-electron chi connectivity index (χ0n) is 34.1. The van der Waals surface area contributed by atoms with E-state index in [1.54, 1.807) is 0 Å². The predicted octanol–water partition coefficient (Wildman–Crippen LogP) is 15.0. The summed E-state index contributed by atoms with van der Waals surface area (Å²) in [4.78, 5) is 15.3. The van der Waals surface area contributed by atoms with Crippen molar-refractivity contribution in [1.29, 1.82) is 0 Å². The summed E-state index contributed by atoms with van der Waals surface area (Å²) < 4.78 is 5.01. The molecule has 60 heavy (non-hydrogen) atoms. The third-order valence-corrected chi connectivity index (χ3v) is 14.4. The number of thiophene rings is 1. The smallest absolute Gasteiger partial charge is 0.164 e. The van der Waals surface area contributed by atoms with E-state index in [1.165, 1.54) is 82.1 Å². The molecule has 288 valence electrons. The van der Waals surface area contributed by atoms with Gasteiger partial charge in [0.25, 0.3) is 0 Å². The minimum absolute atomic E-state index is 0.103. The minimum Gasteiger partial charge on any atom is -0.309 e. The van der Waals surface area contributed by atoms with Gasteiger partial charge in [-0.3, -0.25) is 0 Å². The molecule has 0 N–H and O–H groups in total. The lowest BCUT2D eigenvalue weighted by Crippen LogP contribution is -2.33. The number of benzene rings is 8. The summed E-state index contributed by atoms with van der Waals surface area (Å²) in [5.41, 5.74) is 9.74. The van der Waals surface area contributed by atoms with E-state index in [0.717, 1.165) is 27.8 Å². The van der Waals surface area contributed by atoms with Crippen LogP contribution < -0.4 is 0 Å². The van der Waals surface area contributed by atoms with Crippen LogP contribution in [0.1, 0.15) is 51.7 Å². The molecule has 0 spiro atoms. The molecule has 0 aliphatic heterocycles. The number of fused-ring (bicyclic) bond motifs is 9. The standard InChI is InChI=1S/C55H42N4S/c1-54(2)24-25-55(3,4)46-32-48-44(31-45(46)54)43-28-34-14-8-9-15-35(34)29-47(43)59(48)40-22-20-36-26-38(19-18-37(36)27-40)52-56-51(33-12-6-5-7-13-33)57-53(58-52)39-21-23-42-41-16-10-11-17-49(41)60-50(42)30-39/h5-23,26-32H,24-25H2,1-4H3. The maximum absolute atomic E-state index is 5.15. The number of nitrogens with zero attached hydrogens (tertiary/aromatic N) is 4. The van der Waals surface area contributed by atoms with Gasteiger partial charge < -0.3 is 4.57 Å². The lowest BCUT2D eigenvalue weighted by Gasteiger charge is -2.42. The van der Waals surface area contributed by atoms with Crippen molar-refractivity contribution in [2.75, 3.05) is 0 Å². The first-order valence-corrected chi connectivity index (χ1v) is 21.8. The molecule has 0 bridgehead atoms. The average molecular weight is 791 g/mol. The second kappa shape index (κ2) is 12.9. The fraction of sp³-hybridized carbons (Fsp3) is 0.145. The Hall–Kier alpha value is -6.69. The van der Waals surface area contributed by atoms with Crippen LogP contribution in [0.2, 0.25) is 0 Å². The highest BCUT2D eigenvalue weighted by Gasteiger charge is 2.38. The van der Waals surface area contributed by atoms with Crippen LogP contribution in [0, 0.1) is 0 Å². The average Bonchev–Trinajstić information content (AvgIpc) is 3.81. The van der Waals surface area contributed by atoms with Crippen LogP contribution in [-0.2, 0) is 10.8 Å². The summed E-state index contributed by atoms with van der Waals surface area (Å²) in [5, 5.41) is 9.98. The van der Waals surface area contributed by atoms with Crippen LogP contribution in [0.5, 0.6) is 0 Å². The van der Waals surface area contributed by atoms with Crippen LogP contribution in [0.15, 0.2) is 158 Å². The Kier molecular flexibility index (Phi) is 7.59. The molecular weight excluding hydrogens is 749 g/mol. The maximum atomic E-state index is 5.15. The van der Waals surface area contributed by atoms with Gasteiger partial charge in [-0.25, -0.2) is 15.0 Å². The first-order chi connectivity index (χ1) is 29.2. The Bertz CT molecular complexity index is 3550. The quantitative estimate of drug-likeness (QED) is 0.178. The van der Waals surface area contributed by atoms with Gasteiger partial charge in [0, 0.05) is 53.3 Å². The number of rotatable bonds is 4. The van der Waals surface area contributed by atoms with Crippen LogP contribution >= 0.6 is 11.3 Å². The van der Waals surface area contributed by atoms with Crippen molar-refractivity contribution in [3.8, 4) is 39.9 Å². The molecule has 11 aromatic rings. The van der Waals surface area contributed by atoms with Crippen molar-refractivity contribution in [2.45, 2.75) is 51.4 Å². The lowest BCUT2D eigenvalue weighted by molar-refractivity contribution is 0.332. The van der Waals surface area contributed by atoms with Crippen molar-refractivity contribution in [3.05, 3.63) is 169 Å². The van der Waals surface area contributed by atoms with Gasteiger partial charge in [0.1, 0.15) is 0 Å². The topological polar surface area (TPSA) is 43.6 Å². The molecule has 0 radical (unpaired) electrons. The van der Waals surface area contributed by atoms with Crippen LogP contribution in [0.25, 0.3) is 103 Å². The molecular formula is C55H42N4S. The summed E-state index contributed by atoms with van der Waals surface area (Å²) in [5.74, 6) is 1.99. The minimum atomic E-state index is 0.103. The number of hydrogen-bond donors (Lipinski definition) is 0. The van der Waals surface area contributed by atoms with Gasteiger partial charge in [-0.05, 0) is 111 Å². The van der Waals surface area contributed by atoms with E-state index in [4.69, 9.17) is 15.0 Å². The van der Waals surface area contributed by atoms with Crippen LogP contribution in [0.3, 0.4) is 0 Å². The normalized spacial score (nSPS) is 14.8. The molecule has 0 saturated heterocycles. The highest BCUT2D eigenvalue weighted by atomic mass is 32.1. The van der Waals surface area contributed by atoms with Gasteiger partial charge in [0.2, 0.25) is 0 Å². The Morgan fingerprint density at radius 3 is 1.75 bits per heavy atom. The maximum Gasteiger partial charge on any atom is 0.164 e. The van der Waals surface area contributed by atoms with Gasteiger partial charge >= 0.3 is 0 Å². The summed E-state index contributed by atoms with van der Waals surface area (Å²) in [6, 6.07) is 57.5. The van der Waals surface area contributed by atoms with Gasteiger partial charge in [-0.2, -0.15) is 0 Å². The summed E-state index contributed by atoms with van der Waals surface area (Å²) in [6.45, 7) is 9.68. The van der Waals surface area contributed by atoms with Gasteiger partial charge in [0.05, 0.1) is 11.0 Å². The first-order valence-electron chi connectivity index (χ1n) is 21.0. The van der Waals surface area contributed by atoms with Crippen molar-refractivity contribution < 1.29 is 0 Å². The zero-order valence-corrected chi connectivity index (χ0v) is 34.9. The van der Waals surface area contributed by atoms with Crippen molar-refractivity contribution in [2.24, 2.45) is 0 Å². The zero-order chi connectivity index (χ0) is 40.3. The Labute approximate surface area is 352 Å². The second-order valence-corrected chi connectivity index (χ2v) is 19.0. The molecule has 0 atom stereocenters. The molecule has 12 rings (SSSR count). The summed E-state index contributed by atoms with van der Waals surface area (Å²) in [6.07, 6.45) is 2.37. The molecule has 4 nitrogen and oxygen atoms in total. The largest absolute Gasteiger partial charge is 0.309 e. The van der Waals surface area contributed by atoms with Crippen LogP contribution in [-0.4, -0.2) is 19.5 Å². The molecule has 5 heteroatoms. The van der Waals surface area contributed by atoms with E-state index in [-0.39, 0.29) is 10.8 Å². The van der Waals surface area contributed by atoms with E-state index in [1.807, 2.05) is 29.5 Å². The Morgan fingerprint density at radius 2 is 0.967 bits per heavy atom. The number of hydrogen-bond acceptors (Lipinski definition) is 4. The number of aromatic nitrogens is 4. The van der Waals surface area contributed by atoms with Crippen molar-refractivity contribution >= 4 is 74.9 Å².